The van der Waals surface area contributed by atoms with Gasteiger partial charge in [-0.25, -0.2) is 0 Å². The van der Waals surface area contributed by atoms with Crippen molar-refractivity contribution in [2.24, 2.45) is 11.8 Å². The van der Waals surface area contributed by atoms with E-state index in [0.29, 0.717) is 6.10 Å². The van der Waals surface area contributed by atoms with Crippen molar-refractivity contribution in [2.75, 3.05) is 13.2 Å². The summed E-state index contributed by atoms with van der Waals surface area (Å²) in [6, 6.07) is 0.741. The Morgan fingerprint density at radius 2 is 2.00 bits per heavy atom. The van der Waals surface area contributed by atoms with E-state index < -0.39 is 0 Å². The van der Waals surface area contributed by atoms with Crippen LogP contribution >= 0.6 is 0 Å². The molecule has 2 rings (SSSR count). The Hall–Kier alpha value is -0.0800. The molecule has 0 spiro atoms. The monoisotopic (exact) mass is 295 g/mol. The van der Waals surface area contributed by atoms with Crippen molar-refractivity contribution in [3.8, 4) is 0 Å². The molecule has 0 aromatic heterocycles. The molecule has 124 valence electrons. The van der Waals surface area contributed by atoms with Crippen molar-refractivity contribution < 1.29 is 4.74 Å². The third-order valence-corrected chi connectivity index (χ3v) is 5.70. The van der Waals surface area contributed by atoms with Gasteiger partial charge in [0.1, 0.15) is 0 Å². The van der Waals surface area contributed by atoms with Gasteiger partial charge in [-0.1, -0.05) is 33.1 Å². The molecule has 0 radical (unpaired) electrons. The number of hydrogen-bond acceptors (Lipinski definition) is 2. The lowest BCUT2D eigenvalue weighted by Gasteiger charge is -2.36. The van der Waals surface area contributed by atoms with Crippen molar-refractivity contribution in [3.05, 3.63) is 0 Å². The highest BCUT2D eigenvalue weighted by atomic mass is 16.5. The third kappa shape index (κ3) is 5.90. The Morgan fingerprint density at radius 1 is 1.10 bits per heavy atom. The van der Waals surface area contributed by atoms with Crippen LogP contribution < -0.4 is 5.32 Å². The summed E-state index contributed by atoms with van der Waals surface area (Å²) in [5.41, 5.74) is 0. The molecular formula is C19H37NO. The van der Waals surface area contributed by atoms with Crippen LogP contribution in [-0.2, 0) is 4.74 Å². The van der Waals surface area contributed by atoms with E-state index in [1.54, 1.807) is 0 Å². The van der Waals surface area contributed by atoms with E-state index >= 15 is 0 Å². The molecule has 1 N–H and O–H groups in total. The van der Waals surface area contributed by atoms with Crippen molar-refractivity contribution in [2.45, 2.75) is 96.6 Å². The first kappa shape index (κ1) is 17.3. The van der Waals surface area contributed by atoms with E-state index in [0.717, 1.165) is 24.5 Å². The van der Waals surface area contributed by atoms with Crippen LogP contribution in [0.2, 0.25) is 0 Å². The summed E-state index contributed by atoms with van der Waals surface area (Å²) in [6.07, 6.45) is 15.6. The summed E-state index contributed by atoms with van der Waals surface area (Å²) in [6.45, 7) is 6.84. The predicted molar refractivity (Wildman–Crippen MR) is 90.6 cm³/mol. The quantitative estimate of drug-likeness (QED) is 0.686. The highest BCUT2D eigenvalue weighted by molar-refractivity contribution is 4.83. The maximum Gasteiger partial charge on any atom is 0.0575 e. The zero-order valence-corrected chi connectivity index (χ0v) is 14.4. The zero-order chi connectivity index (χ0) is 14.9. The molecule has 0 bridgehead atoms. The highest BCUT2D eigenvalue weighted by Gasteiger charge is 2.28. The normalized spacial score (nSPS) is 32.0. The second-order valence-electron chi connectivity index (χ2n) is 7.33. The molecule has 1 saturated carbocycles. The minimum atomic E-state index is 0.551. The molecule has 2 nitrogen and oxygen atoms in total. The standard InChI is InChI=1S/C19H37NO/c1-3-13-20-19(12-11-18-10-5-6-14-21-18)17-9-7-8-16(4-2)15-17/h16-20H,3-15H2,1-2H3. The van der Waals surface area contributed by atoms with Crippen LogP contribution in [0.5, 0.6) is 0 Å². The fourth-order valence-corrected chi connectivity index (χ4v) is 4.30. The molecule has 1 saturated heterocycles. The van der Waals surface area contributed by atoms with Crippen LogP contribution in [-0.4, -0.2) is 25.3 Å². The Labute approximate surface area is 132 Å². The summed E-state index contributed by atoms with van der Waals surface area (Å²) >= 11 is 0. The maximum absolute atomic E-state index is 5.93. The van der Waals surface area contributed by atoms with Gasteiger partial charge in [0.15, 0.2) is 0 Å². The van der Waals surface area contributed by atoms with Gasteiger partial charge in [-0.3, -0.25) is 0 Å². The van der Waals surface area contributed by atoms with Crippen molar-refractivity contribution in [1.82, 2.24) is 5.32 Å². The minimum Gasteiger partial charge on any atom is -0.378 e. The first-order valence-corrected chi connectivity index (χ1v) is 9.68. The molecular weight excluding hydrogens is 258 g/mol. The van der Waals surface area contributed by atoms with E-state index in [9.17, 15) is 0 Å². The summed E-state index contributed by atoms with van der Waals surface area (Å²) < 4.78 is 5.93. The minimum absolute atomic E-state index is 0.551. The zero-order valence-electron chi connectivity index (χ0n) is 14.4. The van der Waals surface area contributed by atoms with Crippen LogP contribution in [0.3, 0.4) is 0 Å². The maximum atomic E-state index is 5.93. The summed E-state index contributed by atoms with van der Waals surface area (Å²) in [4.78, 5) is 0. The Morgan fingerprint density at radius 3 is 2.71 bits per heavy atom. The van der Waals surface area contributed by atoms with E-state index in [-0.39, 0.29) is 0 Å². The Balaban J connectivity index is 1.80. The van der Waals surface area contributed by atoms with Gasteiger partial charge in [-0.05, 0) is 69.7 Å². The first-order valence-electron chi connectivity index (χ1n) is 9.68. The molecule has 4 unspecified atom stereocenters. The van der Waals surface area contributed by atoms with Gasteiger partial charge in [0.25, 0.3) is 0 Å². The average molecular weight is 296 g/mol. The average Bonchev–Trinajstić information content (AvgIpc) is 2.56. The lowest BCUT2D eigenvalue weighted by molar-refractivity contribution is 0.00670. The number of hydrogen-bond donors (Lipinski definition) is 1. The first-order chi connectivity index (χ1) is 10.3. The van der Waals surface area contributed by atoms with Crippen LogP contribution in [0.15, 0.2) is 0 Å². The highest BCUT2D eigenvalue weighted by Crippen LogP contribution is 2.34. The molecule has 1 aliphatic carbocycles. The lowest BCUT2D eigenvalue weighted by atomic mass is 9.75. The largest absolute Gasteiger partial charge is 0.378 e. The van der Waals surface area contributed by atoms with Crippen LogP contribution in [0.25, 0.3) is 0 Å². The van der Waals surface area contributed by atoms with Gasteiger partial charge in [-0.2, -0.15) is 0 Å². The second kappa shape index (κ2) is 9.84. The van der Waals surface area contributed by atoms with Crippen molar-refractivity contribution in [3.63, 3.8) is 0 Å². The SMILES string of the molecule is CCCNC(CCC1CCCCO1)C1CCCC(CC)C1. The van der Waals surface area contributed by atoms with Gasteiger partial charge in [0.2, 0.25) is 0 Å². The molecule has 21 heavy (non-hydrogen) atoms. The van der Waals surface area contributed by atoms with Crippen molar-refractivity contribution in [1.29, 1.82) is 0 Å². The van der Waals surface area contributed by atoms with Crippen LogP contribution in [0.4, 0.5) is 0 Å². The third-order valence-electron chi connectivity index (χ3n) is 5.70. The smallest absolute Gasteiger partial charge is 0.0575 e. The fourth-order valence-electron chi connectivity index (χ4n) is 4.30. The second-order valence-corrected chi connectivity index (χ2v) is 7.33. The Kier molecular flexibility index (Phi) is 8.10. The van der Waals surface area contributed by atoms with Gasteiger partial charge >= 0.3 is 0 Å². The number of nitrogens with one attached hydrogen (secondary N) is 1. The molecule has 2 fully saturated rings. The van der Waals surface area contributed by atoms with Gasteiger partial charge in [-0.15, -0.1) is 0 Å². The number of ether oxygens (including phenoxy) is 1. The molecule has 4 atom stereocenters. The van der Waals surface area contributed by atoms with E-state index in [4.69, 9.17) is 4.74 Å². The van der Waals surface area contributed by atoms with Gasteiger partial charge in [0.05, 0.1) is 6.10 Å². The molecule has 0 amide bonds. The van der Waals surface area contributed by atoms with E-state index in [1.807, 2.05) is 0 Å². The fraction of sp³-hybridized carbons (Fsp3) is 1.00. The molecule has 0 aromatic carbocycles. The molecule has 2 heteroatoms. The molecule has 1 aliphatic heterocycles. The van der Waals surface area contributed by atoms with Crippen LogP contribution in [0, 0.1) is 11.8 Å². The van der Waals surface area contributed by atoms with Gasteiger partial charge < -0.3 is 10.1 Å². The van der Waals surface area contributed by atoms with Gasteiger partial charge in [0, 0.05) is 12.6 Å². The van der Waals surface area contributed by atoms with E-state index in [2.05, 4.69) is 19.2 Å². The summed E-state index contributed by atoms with van der Waals surface area (Å²) in [7, 11) is 0. The van der Waals surface area contributed by atoms with E-state index in [1.165, 1.54) is 77.2 Å². The topological polar surface area (TPSA) is 21.3 Å². The number of rotatable bonds is 8. The summed E-state index contributed by atoms with van der Waals surface area (Å²) in [5, 5.41) is 3.87. The Bertz CT molecular complexity index is 262. The molecule has 0 aromatic rings. The predicted octanol–water partition coefficient (Wildman–Crippen LogP) is 4.92. The lowest BCUT2D eigenvalue weighted by Crippen LogP contribution is -2.40. The summed E-state index contributed by atoms with van der Waals surface area (Å²) in [5.74, 6) is 1.90. The molecule has 2 aliphatic rings. The molecule has 1 heterocycles. The van der Waals surface area contributed by atoms with Crippen LogP contribution in [0.1, 0.15) is 84.5 Å². The van der Waals surface area contributed by atoms with Crippen molar-refractivity contribution >= 4 is 0 Å².